The largest absolute Gasteiger partial charge is 0.486 e. The first kappa shape index (κ1) is 12.6. The lowest BCUT2D eigenvalue weighted by molar-refractivity contribution is 0.304. The van der Waals surface area contributed by atoms with E-state index < -0.39 is 0 Å². The molecule has 0 spiro atoms. The summed E-state index contributed by atoms with van der Waals surface area (Å²) in [5.74, 6) is 0.166. The first-order valence-corrected chi connectivity index (χ1v) is 7.25. The van der Waals surface area contributed by atoms with Crippen LogP contribution >= 0.6 is 27.3 Å². The number of hydrogen-bond acceptors (Lipinski definition) is 3. The maximum Gasteiger partial charge on any atom is 0.140 e. The van der Waals surface area contributed by atoms with Gasteiger partial charge < -0.3 is 4.74 Å². The minimum absolute atomic E-state index is 0.325. The highest BCUT2D eigenvalue weighted by atomic mass is 79.9. The van der Waals surface area contributed by atoms with Crippen LogP contribution in [0.25, 0.3) is 10.2 Å². The van der Waals surface area contributed by atoms with Gasteiger partial charge in [0.05, 0.1) is 10.2 Å². The Morgan fingerprint density at radius 2 is 2.05 bits per heavy atom. The van der Waals surface area contributed by atoms with E-state index in [9.17, 15) is 4.39 Å². The predicted octanol–water partition coefficient (Wildman–Crippen LogP) is 4.78. The van der Waals surface area contributed by atoms with Crippen molar-refractivity contribution in [1.82, 2.24) is 4.98 Å². The Balaban J connectivity index is 1.78. The quantitative estimate of drug-likeness (QED) is 0.686. The number of thiazole rings is 1. The Kier molecular flexibility index (Phi) is 3.48. The molecule has 0 atom stereocenters. The Labute approximate surface area is 122 Å². The van der Waals surface area contributed by atoms with Gasteiger partial charge in [0.1, 0.15) is 23.2 Å². The molecule has 5 heteroatoms. The maximum absolute atomic E-state index is 13.2. The van der Waals surface area contributed by atoms with E-state index in [1.807, 2.05) is 24.3 Å². The van der Waals surface area contributed by atoms with Crippen LogP contribution in [-0.2, 0) is 6.61 Å². The summed E-state index contributed by atoms with van der Waals surface area (Å²) in [6.07, 6.45) is 0. The molecule has 0 bridgehead atoms. The molecule has 0 aliphatic rings. The molecular formula is C14H9BrFNOS. The highest BCUT2D eigenvalue weighted by molar-refractivity contribution is 9.10. The van der Waals surface area contributed by atoms with Gasteiger partial charge >= 0.3 is 0 Å². The fourth-order valence-corrected chi connectivity index (χ4v) is 3.06. The Morgan fingerprint density at radius 3 is 2.84 bits per heavy atom. The Hall–Kier alpha value is -1.46. The number of ether oxygens (including phenoxy) is 1. The Morgan fingerprint density at radius 1 is 1.21 bits per heavy atom. The number of rotatable bonds is 3. The third kappa shape index (κ3) is 2.93. The zero-order chi connectivity index (χ0) is 13.2. The Bertz CT molecular complexity index is 675. The monoisotopic (exact) mass is 337 g/mol. The summed E-state index contributed by atoms with van der Waals surface area (Å²) >= 11 is 4.82. The van der Waals surface area contributed by atoms with E-state index in [2.05, 4.69) is 20.9 Å². The van der Waals surface area contributed by atoms with Crippen molar-refractivity contribution in [3.8, 4) is 5.75 Å². The van der Waals surface area contributed by atoms with Crippen LogP contribution in [0.2, 0.25) is 0 Å². The average Bonchev–Trinajstić information content (AvgIpc) is 2.78. The van der Waals surface area contributed by atoms with Crippen molar-refractivity contribution >= 4 is 37.5 Å². The van der Waals surface area contributed by atoms with Gasteiger partial charge in [0, 0.05) is 10.5 Å². The van der Waals surface area contributed by atoms with Crippen LogP contribution < -0.4 is 4.74 Å². The molecular weight excluding hydrogens is 329 g/mol. The van der Waals surface area contributed by atoms with E-state index in [-0.39, 0.29) is 5.82 Å². The van der Waals surface area contributed by atoms with Gasteiger partial charge in [-0.25, -0.2) is 9.37 Å². The van der Waals surface area contributed by atoms with Crippen LogP contribution in [-0.4, -0.2) is 4.98 Å². The van der Waals surface area contributed by atoms with Crippen LogP contribution in [0, 0.1) is 5.82 Å². The predicted molar refractivity (Wildman–Crippen MR) is 78.1 cm³/mol. The molecule has 0 saturated heterocycles. The van der Waals surface area contributed by atoms with Crippen LogP contribution in [0.4, 0.5) is 4.39 Å². The fourth-order valence-electron chi connectivity index (χ4n) is 1.74. The van der Waals surface area contributed by atoms with E-state index >= 15 is 0 Å². The van der Waals surface area contributed by atoms with Crippen molar-refractivity contribution in [2.45, 2.75) is 6.61 Å². The average molecular weight is 338 g/mol. The lowest BCUT2D eigenvalue weighted by Crippen LogP contribution is -1.95. The summed E-state index contributed by atoms with van der Waals surface area (Å²) < 4.78 is 20.5. The summed E-state index contributed by atoms with van der Waals surface area (Å²) in [4.78, 5) is 4.46. The number of benzene rings is 2. The molecule has 3 rings (SSSR count). The zero-order valence-corrected chi connectivity index (χ0v) is 12.2. The second kappa shape index (κ2) is 5.27. The summed E-state index contributed by atoms with van der Waals surface area (Å²) in [6.45, 7) is 0.342. The van der Waals surface area contributed by atoms with E-state index in [0.717, 1.165) is 15.2 Å². The fraction of sp³-hybridized carbons (Fsp3) is 0.0714. The molecule has 0 N–H and O–H groups in total. The zero-order valence-electron chi connectivity index (χ0n) is 9.77. The third-order valence-corrected chi connectivity index (χ3v) is 4.00. The van der Waals surface area contributed by atoms with Crippen molar-refractivity contribution in [3.05, 3.63) is 57.8 Å². The smallest absolute Gasteiger partial charge is 0.140 e. The van der Waals surface area contributed by atoms with Crippen molar-refractivity contribution < 1.29 is 9.13 Å². The number of fused-ring (bicyclic) bond motifs is 1. The van der Waals surface area contributed by atoms with Gasteiger partial charge in [-0.15, -0.1) is 11.3 Å². The lowest BCUT2D eigenvalue weighted by Gasteiger charge is -2.04. The van der Waals surface area contributed by atoms with Crippen LogP contribution in [0.3, 0.4) is 0 Å². The van der Waals surface area contributed by atoms with Gasteiger partial charge in [-0.2, -0.15) is 0 Å². The van der Waals surface area contributed by atoms with Crippen LogP contribution in [0.15, 0.2) is 46.9 Å². The van der Waals surface area contributed by atoms with Crippen LogP contribution in [0.5, 0.6) is 5.75 Å². The molecule has 2 nitrogen and oxygen atoms in total. The molecule has 19 heavy (non-hydrogen) atoms. The van der Waals surface area contributed by atoms with E-state index in [1.165, 1.54) is 12.1 Å². The third-order valence-electron chi connectivity index (χ3n) is 2.54. The number of nitrogens with zero attached hydrogens (tertiary/aromatic N) is 1. The molecule has 1 aromatic heterocycles. The summed E-state index contributed by atoms with van der Waals surface area (Å²) in [5.41, 5.74) is 0.964. The number of aromatic nitrogens is 1. The van der Waals surface area contributed by atoms with E-state index in [0.29, 0.717) is 16.8 Å². The van der Waals surface area contributed by atoms with Gasteiger partial charge in [0.2, 0.25) is 0 Å². The molecule has 0 fully saturated rings. The van der Waals surface area contributed by atoms with Gasteiger partial charge in [0.15, 0.2) is 0 Å². The van der Waals surface area contributed by atoms with E-state index in [1.54, 1.807) is 17.4 Å². The van der Waals surface area contributed by atoms with Crippen LogP contribution in [0.1, 0.15) is 5.01 Å². The summed E-state index contributed by atoms with van der Waals surface area (Å²) in [5, 5.41) is 0.876. The van der Waals surface area contributed by atoms with Crippen molar-refractivity contribution in [2.75, 3.05) is 0 Å². The molecule has 96 valence electrons. The molecule has 2 aromatic carbocycles. The maximum atomic E-state index is 13.2. The molecule has 0 radical (unpaired) electrons. The van der Waals surface area contributed by atoms with Crippen molar-refractivity contribution in [3.63, 3.8) is 0 Å². The van der Waals surface area contributed by atoms with Gasteiger partial charge in [-0.3, -0.25) is 0 Å². The number of hydrogen-bond donors (Lipinski definition) is 0. The molecule has 0 unspecified atom stereocenters. The topological polar surface area (TPSA) is 22.1 Å². The number of para-hydroxylation sites is 1. The normalized spacial score (nSPS) is 10.8. The second-order valence-corrected chi connectivity index (χ2v) is 6.00. The first-order chi connectivity index (χ1) is 9.20. The molecule has 3 aromatic rings. The molecule has 0 saturated carbocycles. The van der Waals surface area contributed by atoms with Crippen molar-refractivity contribution in [1.29, 1.82) is 0 Å². The van der Waals surface area contributed by atoms with Gasteiger partial charge in [-0.05, 0) is 24.3 Å². The molecule has 0 aliphatic heterocycles. The molecule has 0 aliphatic carbocycles. The van der Waals surface area contributed by atoms with Crippen molar-refractivity contribution in [2.24, 2.45) is 0 Å². The second-order valence-electron chi connectivity index (χ2n) is 3.97. The molecule has 1 heterocycles. The molecule has 0 amide bonds. The minimum Gasteiger partial charge on any atom is -0.486 e. The highest BCUT2D eigenvalue weighted by Gasteiger charge is 2.05. The highest BCUT2D eigenvalue weighted by Crippen LogP contribution is 2.24. The summed E-state index contributed by atoms with van der Waals surface area (Å²) in [6, 6.07) is 12.4. The van der Waals surface area contributed by atoms with E-state index in [4.69, 9.17) is 4.74 Å². The SMILES string of the molecule is Fc1cc(Br)cc(OCc2nc3ccccc3s2)c1. The number of halogens is 2. The first-order valence-electron chi connectivity index (χ1n) is 5.64. The standard InChI is InChI=1S/C14H9BrFNOS/c15-9-5-10(16)7-11(6-9)18-8-14-17-12-3-1-2-4-13(12)19-14/h1-7H,8H2. The van der Waals surface area contributed by atoms with Gasteiger partial charge in [0.25, 0.3) is 0 Å². The van der Waals surface area contributed by atoms with Gasteiger partial charge in [-0.1, -0.05) is 28.1 Å². The summed E-state index contributed by atoms with van der Waals surface area (Å²) in [7, 11) is 0. The minimum atomic E-state index is -0.325. The lowest BCUT2D eigenvalue weighted by atomic mass is 10.3.